The van der Waals surface area contributed by atoms with E-state index in [0.29, 0.717) is 17.5 Å². The zero-order valence-electron chi connectivity index (χ0n) is 8.78. The third kappa shape index (κ3) is 2.55. The smallest absolute Gasteiger partial charge is 0.132 e. The van der Waals surface area contributed by atoms with Crippen LogP contribution < -0.4 is 5.73 Å². The molecule has 2 N–H and O–H groups in total. The van der Waals surface area contributed by atoms with Gasteiger partial charge in [-0.05, 0) is 36.8 Å². The second-order valence-electron chi connectivity index (χ2n) is 4.23. The molecule has 0 aromatic carbocycles. The number of aromatic nitrogens is 1. The Labute approximate surface area is 89.7 Å². The monoisotopic (exact) mass is 204 g/mol. The van der Waals surface area contributed by atoms with Crippen molar-refractivity contribution >= 4 is 11.6 Å². The number of pyridine rings is 1. The highest BCUT2D eigenvalue weighted by molar-refractivity contribution is 5.79. The van der Waals surface area contributed by atoms with Crippen molar-refractivity contribution in [2.24, 2.45) is 5.92 Å². The van der Waals surface area contributed by atoms with Gasteiger partial charge in [0, 0.05) is 19.0 Å². The molecule has 0 amide bonds. The number of rotatable bonds is 2. The maximum Gasteiger partial charge on any atom is 0.132 e. The summed E-state index contributed by atoms with van der Waals surface area (Å²) in [5.41, 5.74) is 6.91. The first kappa shape index (κ1) is 10.1. The number of hydrogen-bond donors (Lipinski definition) is 1. The van der Waals surface area contributed by atoms with Crippen LogP contribution in [0.3, 0.4) is 0 Å². The number of Topliss-reactive ketones (excluding diaryl/α,β-unsaturated/α-hetero) is 1. The first-order chi connectivity index (χ1) is 7.25. The van der Waals surface area contributed by atoms with Crippen molar-refractivity contribution < 1.29 is 4.79 Å². The highest BCUT2D eigenvalue weighted by atomic mass is 16.1. The van der Waals surface area contributed by atoms with Crippen LogP contribution >= 0.6 is 0 Å². The number of anilines is 1. The van der Waals surface area contributed by atoms with Gasteiger partial charge < -0.3 is 5.73 Å². The summed E-state index contributed by atoms with van der Waals surface area (Å²) in [6, 6.07) is 3.94. The van der Waals surface area contributed by atoms with Crippen molar-refractivity contribution in [3.63, 3.8) is 0 Å². The third-order valence-electron chi connectivity index (χ3n) is 3.10. The van der Waals surface area contributed by atoms with Gasteiger partial charge in [-0.1, -0.05) is 6.07 Å². The standard InChI is InChI=1S/C12H16N2O/c13-12-10(2-1-7-14-12)8-9-3-5-11(15)6-4-9/h1-2,7,9H,3-6,8H2,(H2,13,14). The molecule has 1 fully saturated rings. The minimum absolute atomic E-state index is 0.408. The summed E-state index contributed by atoms with van der Waals surface area (Å²) in [6.07, 6.45) is 6.17. The second kappa shape index (κ2) is 4.43. The Morgan fingerprint density at radius 2 is 2.13 bits per heavy atom. The number of ketones is 1. The van der Waals surface area contributed by atoms with E-state index in [9.17, 15) is 4.79 Å². The minimum atomic E-state index is 0.408. The number of carbonyl (C=O) groups is 1. The Hall–Kier alpha value is -1.38. The van der Waals surface area contributed by atoms with Crippen LogP contribution in [0.25, 0.3) is 0 Å². The zero-order valence-corrected chi connectivity index (χ0v) is 8.78. The number of hydrogen-bond acceptors (Lipinski definition) is 3. The van der Waals surface area contributed by atoms with Gasteiger partial charge in [0.2, 0.25) is 0 Å². The summed E-state index contributed by atoms with van der Waals surface area (Å²) in [5, 5.41) is 0. The lowest BCUT2D eigenvalue weighted by atomic mass is 9.84. The first-order valence-corrected chi connectivity index (χ1v) is 5.47. The summed E-state index contributed by atoms with van der Waals surface area (Å²) in [5.74, 6) is 1.65. The lowest BCUT2D eigenvalue weighted by molar-refractivity contribution is -0.120. The molecule has 0 aliphatic heterocycles. The molecule has 1 aromatic rings. The van der Waals surface area contributed by atoms with E-state index in [1.165, 1.54) is 0 Å². The third-order valence-corrected chi connectivity index (χ3v) is 3.10. The summed E-state index contributed by atoms with van der Waals surface area (Å²) < 4.78 is 0. The van der Waals surface area contributed by atoms with Crippen LogP contribution in [0, 0.1) is 5.92 Å². The number of carbonyl (C=O) groups excluding carboxylic acids is 1. The van der Waals surface area contributed by atoms with Gasteiger partial charge in [0.15, 0.2) is 0 Å². The normalized spacial score (nSPS) is 18.0. The molecule has 1 heterocycles. The first-order valence-electron chi connectivity index (χ1n) is 5.47. The molecule has 1 saturated carbocycles. The average Bonchev–Trinajstić information content (AvgIpc) is 2.25. The Balaban J connectivity index is 1.97. The lowest BCUT2D eigenvalue weighted by Crippen LogP contribution is -2.16. The minimum Gasteiger partial charge on any atom is -0.383 e. The van der Waals surface area contributed by atoms with Crippen molar-refractivity contribution in [3.05, 3.63) is 23.9 Å². The van der Waals surface area contributed by atoms with E-state index in [-0.39, 0.29) is 0 Å². The highest BCUT2D eigenvalue weighted by Crippen LogP contribution is 2.26. The van der Waals surface area contributed by atoms with Crippen LogP contribution in [-0.4, -0.2) is 10.8 Å². The topological polar surface area (TPSA) is 56.0 Å². The Morgan fingerprint density at radius 3 is 2.80 bits per heavy atom. The maximum atomic E-state index is 11.1. The van der Waals surface area contributed by atoms with Gasteiger partial charge in [-0.25, -0.2) is 4.98 Å². The molecule has 0 radical (unpaired) electrons. The molecule has 0 bridgehead atoms. The summed E-state index contributed by atoms with van der Waals surface area (Å²) in [7, 11) is 0. The van der Waals surface area contributed by atoms with E-state index in [1.807, 2.05) is 12.1 Å². The van der Waals surface area contributed by atoms with Crippen molar-refractivity contribution in [1.82, 2.24) is 4.98 Å². The van der Waals surface area contributed by atoms with Gasteiger partial charge >= 0.3 is 0 Å². The molecule has 2 rings (SSSR count). The van der Waals surface area contributed by atoms with Gasteiger partial charge in [0.1, 0.15) is 11.6 Å². The van der Waals surface area contributed by atoms with Crippen LogP contribution in [0.1, 0.15) is 31.2 Å². The maximum absolute atomic E-state index is 11.1. The van der Waals surface area contributed by atoms with Gasteiger partial charge in [-0.2, -0.15) is 0 Å². The second-order valence-corrected chi connectivity index (χ2v) is 4.23. The molecule has 0 unspecified atom stereocenters. The molecule has 0 saturated heterocycles. The van der Waals surface area contributed by atoms with E-state index in [4.69, 9.17) is 5.73 Å². The summed E-state index contributed by atoms with van der Waals surface area (Å²) in [6.45, 7) is 0. The van der Waals surface area contributed by atoms with Crippen molar-refractivity contribution in [2.45, 2.75) is 32.1 Å². The van der Waals surface area contributed by atoms with Gasteiger partial charge in [0.05, 0.1) is 0 Å². The number of nitrogen functional groups attached to an aromatic ring is 1. The van der Waals surface area contributed by atoms with E-state index < -0.39 is 0 Å². The Kier molecular flexibility index (Phi) is 2.99. The quantitative estimate of drug-likeness (QED) is 0.801. The SMILES string of the molecule is Nc1ncccc1CC1CCC(=O)CC1. The number of nitrogens with two attached hydrogens (primary N) is 1. The predicted octanol–water partition coefficient (Wildman–Crippen LogP) is 1.97. The van der Waals surface area contributed by atoms with Crippen LogP contribution in [-0.2, 0) is 11.2 Å². The average molecular weight is 204 g/mol. The van der Waals surface area contributed by atoms with Crippen LogP contribution in [0.5, 0.6) is 0 Å². The van der Waals surface area contributed by atoms with Crippen molar-refractivity contribution in [2.75, 3.05) is 5.73 Å². The predicted molar refractivity (Wildman–Crippen MR) is 59.3 cm³/mol. The largest absolute Gasteiger partial charge is 0.383 e. The zero-order chi connectivity index (χ0) is 10.7. The fourth-order valence-corrected chi connectivity index (χ4v) is 2.14. The molecular weight excluding hydrogens is 188 g/mol. The molecule has 1 aliphatic rings. The Bertz CT molecular complexity index is 352. The molecule has 3 nitrogen and oxygen atoms in total. The summed E-state index contributed by atoms with van der Waals surface area (Å²) in [4.78, 5) is 15.2. The van der Waals surface area contributed by atoms with Crippen LogP contribution in [0.2, 0.25) is 0 Å². The van der Waals surface area contributed by atoms with Gasteiger partial charge in [-0.15, -0.1) is 0 Å². The van der Waals surface area contributed by atoms with Crippen molar-refractivity contribution in [1.29, 1.82) is 0 Å². The molecular formula is C12H16N2O. The molecule has 3 heteroatoms. The Morgan fingerprint density at radius 1 is 1.40 bits per heavy atom. The summed E-state index contributed by atoms with van der Waals surface area (Å²) >= 11 is 0. The van der Waals surface area contributed by atoms with Crippen molar-refractivity contribution in [3.8, 4) is 0 Å². The van der Waals surface area contributed by atoms with Gasteiger partial charge in [-0.3, -0.25) is 4.79 Å². The van der Waals surface area contributed by atoms with Crippen LogP contribution in [0.15, 0.2) is 18.3 Å². The van der Waals surface area contributed by atoms with Gasteiger partial charge in [0.25, 0.3) is 0 Å². The van der Waals surface area contributed by atoms with E-state index in [1.54, 1.807) is 6.20 Å². The van der Waals surface area contributed by atoms with E-state index >= 15 is 0 Å². The van der Waals surface area contributed by atoms with E-state index in [2.05, 4.69) is 4.98 Å². The fraction of sp³-hybridized carbons (Fsp3) is 0.500. The molecule has 1 aliphatic carbocycles. The lowest BCUT2D eigenvalue weighted by Gasteiger charge is -2.21. The molecule has 1 aromatic heterocycles. The number of nitrogens with zero attached hydrogens (tertiary/aromatic N) is 1. The van der Waals surface area contributed by atoms with Crippen LogP contribution in [0.4, 0.5) is 5.82 Å². The molecule has 80 valence electrons. The van der Waals surface area contributed by atoms with E-state index in [0.717, 1.165) is 37.7 Å². The fourth-order valence-electron chi connectivity index (χ4n) is 2.14. The highest BCUT2D eigenvalue weighted by Gasteiger charge is 2.19. The molecule has 15 heavy (non-hydrogen) atoms. The molecule has 0 spiro atoms. The molecule has 0 atom stereocenters.